The highest BCUT2D eigenvalue weighted by molar-refractivity contribution is 7.72. The topological polar surface area (TPSA) is 157 Å². The molecule has 1 atom stereocenters. The fraction of sp³-hybridized carbons (Fsp3) is 0.222. The SMILES string of the molecule is CCc1cc2ccc1CCOC(=O)Nc1ccc([SH](=O)=O)c(c1)CNC(=O)C2Nc1cc(C(N)=O)ccc1F. The largest absolute Gasteiger partial charge is 0.449 e. The lowest BCUT2D eigenvalue weighted by molar-refractivity contribution is -0.122. The van der Waals surface area contributed by atoms with Crippen LogP contribution < -0.4 is 21.7 Å². The lowest BCUT2D eigenvalue weighted by Gasteiger charge is -2.23. The van der Waals surface area contributed by atoms with Crippen LogP contribution in [0.3, 0.4) is 0 Å². The molecule has 5 rings (SSSR count). The fourth-order valence-corrected chi connectivity index (χ4v) is 4.89. The van der Waals surface area contributed by atoms with E-state index >= 15 is 0 Å². The second-order valence-corrected chi connectivity index (χ2v) is 9.84. The van der Waals surface area contributed by atoms with Crippen molar-refractivity contribution >= 4 is 40.0 Å². The van der Waals surface area contributed by atoms with E-state index in [2.05, 4.69) is 16.0 Å². The lowest BCUT2D eigenvalue weighted by atomic mass is 9.95. The van der Waals surface area contributed by atoms with Crippen molar-refractivity contribution in [2.45, 2.75) is 37.2 Å². The molecule has 0 spiro atoms. The smallest absolute Gasteiger partial charge is 0.411 e. The van der Waals surface area contributed by atoms with Crippen molar-refractivity contribution in [1.29, 1.82) is 0 Å². The van der Waals surface area contributed by atoms with Gasteiger partial charge in [-0.15, -0.1) is 0 Å². The second-order valence-electron chi connectivity index (χ2n) is 8.85. The van der Waals surface area contributed by atoms with Crippen LogP contribution in [0, 0.1) is 5.82 Å². The summed E-state index contributed by atoms with van der Waals surface area (Å²) in [7, 11) is -3.00. The van der Waals surface area contributed by atoms with Gasteiger partial charge >= 0.3 is 6.09 Å². The Morgan fingerprint density at radius 1 is 1.10 bits per heavy atom. The molecule has 12 heteroatoms. The van der Waals surface area contributed by atoms with E-state index in [1.54, 1.807) is 12.1 Å². The van der Waals surface area contributed by atoms with E-state index in [1.807, 2.05) is 13.0 Å². The maximum atomic E-state index is 14.7. The Kier molecular flexibility index (Phi) is 8.45. The summed E-state index contributed by atoms with van der Waals surface area (Å²) in [6.07, 6.45) is 0.326. The van der Waals surface area contributed by atoms with Gasteiger partial charge in [0.1, 0.15) is 11.9 Å². The Balaban J connectivity index is 1.78. The standard InChI is InChI=1S/C27H27FN4O6S/c1-2-15-11-17-4-3-16(15)9-10-38-27(35)31-20-6-8-23(39(36)37)19(12-20)14-30-26(34)24(17)32-22-13-18(25(29)33)5-7-21(22)28/h3-8,11-13,24,32,39H,2,9-10,14H2,1H3,(H2,29,33)(H,30,34)(H,31,35). The van der Waals surface area contributed by atoms with E-state index in [0.29, 0.717) is 18.4 Å². The van der Waals surface area contributed by atoms with Crippen LogP contribution in [0.2, 0.25) is 0 Å². The molecule has 1 unspecified atom stereocenters. The molecule has 5 N–H and O–H groups in total. The van der Waals surface area contributed by atoms with Crippen LogP contribution in [-0.4, -0.2) is 32.9 Å². The third-order valence-corrected chi connectivity index (χ3v) is 7.17. The van der Waals surface area contributed by atoms with Crippen molar-refractivity contribution < 1.29 is 31.9 Å². The Labute approximate surface area is 225 Å². The summed E-state index contributed by atoms with van der Waals surface area (Å²) >= 11 is 0. The summed E-state index contributed by atoms with van der Waals surface area (Å²) in [6.45, 7) is 1.82. The predicted octanol–water partition coefficient (Wildman–Crippen LogP) is 3.03. The molecule has 0 fully saturated rings. The van der Waals surface area contributed by atoms with Gasteiger partial charge in [0, 0.05) is 24.2 Å². The first-order chi connectivity index (χ1) is 18.7. The molecule has 3 aromatic carbocycles. The molecule has 10 nitrogen and oxygen atoms in total. The Morgan fingerprint density at radius 3 is 2.62 bits per heavy atom. The summed E-state index contributed by atoms with van der Waals surface area (Å²) in [5, 5.41) is 8.14. The summed E-state index contributed by atoms with van der Waals surface area (Å²) in [6, 6.07) is 11.9. The van der Waals surface area contributed by atoms with E-state index in [0.717, 1.165) is 17.2 Å². The van der Waals surface area contributed by atoms with Crippen LogP contribution in [0.5, 0.6) is 0 Å². The Hall–Kier alpha value is -4.45. The number of nitrogens with two attached hydrogens (primary N) is 1. The van der Waals surface area contributed by atoms with E-state index in [1.165, 1.54) is 30.3 Å². The average molecular weight is 555 g/mol. The molecule has 0 saturated heterocycles. The van der Waals surface area contributed by atoms with Gasteiger partial charge in [-0.25, -0.2) is 17.6 Å². The van der Waals surface area contributed by atoms with Crippen molar-refractivity contribution in [2.75, 3.05) is 17.2 Å². The number of ether oxygens (including phenoxy) is 1. The number of hydrogen-bond donors (Lipinski definition) is 5. The Morgan fingerprint density at radius 2 is 1.90 bits per heavy atom. The van der Waals surface area contributed by atoms with Gasteiger partial charge in [0.15, 0.2) is 10.7 Å². The number of halogens is 1. The number of carbonyl (C=O) groups excluding carboxylic acids is 3. The number of fused-ring (bicyclic) bond motifs is 9. The van der Waals surface area contributed by atoms with Crippen LogP contribution >= 0.6 is 0 Å². The van der Waals surface area contributed by atoms with Gasteiger partial charge in [-0.3, -0.25) is 14.9 Å². The first kappa shape index (κ1) is 27.6. The molecule has 0 saturated carbocycles. The van der Waals surface area contributed by atoms with Crippen molar-refractivity contribution in [1.82, 2.24) is 5.32 Å². The number of amides is 3. The normalized spacial score (nSPS) is 15.8. The average Bonchev–Trinajstić information content (AvgIpc) is 2.90. The second kappa shape index (κ2) is 11.9. The van der Waals surface area contributed by atoms with Crippen LogP contribution in [-0.2, 0) is 39.6 Å². The molecular weight excluding hydrogens is 527 g/mol. The minimum Gasteiger partial charge on any atom is -0.449 e. The highest BCUT2D eigenvalue weighted by Gasteiger charge is 2.24. The van der Waals surface area contributed by atoms with E-state index in [4.69, 9.17) is 10.5 Å². The number of primary amides is 1. The molecule has 204 valence electrons. The third-order valence-electron chi connectivity index (χ3n) is 6.34. The summed E-state index contributed by atoms with van der Waals surface area (Å²) < 4.78 is 43.7. The molecule has 0 radical (unpaired) electrons. The number of carbonyl (C=O) groups is 3. The van der Waals surface area contributed by atoms with Crippen molar-refractivity contribution in [3.8, 4) is 0 Å². The minimum atomic E-state index is -3.00. The molecular formula is C27H27FN4O6S. The van der Waals surface area contributed by atoms with E-state index in [9.17, 15) is 27.2 Å². The van der Waals surface area contributed by atoms with E-state index < -0.39 is 40.5 Å². The summed E-state index contributed by atoms with van der Waals surface area (Å²) in [4.78, 5) is 37.4. The molecule has 3 aromatic rings. The predicted molar refractivity (Wildman–Crippen MR) is 143 cm³/mol. The van der Waals surface area contributed by atoms with Gasteiger partial charge in [0.05, 0.1) is 17.2 Å². The zero-order valence-corrected chi connectivity index (χ0v) is 21.8. The molecule has 39 heavy (non-hydrogen) atoms. The molecule has 4 bridgehead atoms. The highest BCUT2D eigenvalue weighted by atomic mass is 32.2. The number of thiol groups is 1. The zero-order chi connectivity index (χ0) is 28.1. The molecule has 0 aromatic heterocycles. The quantitative estimate of drug-likeness (QED) is 0.304. The first-order valence-corrected chi connectivity index (χ1v) is 13.3. The zero-order valence-electron chi connectivity index (χ0n) is 21.0. The number of rotatable bonds is 5. The highest BCUT2D eigenvalue weighted by Crippen LogP contribution is 2.27. The first-order valence-electron chi connectivity index (χ1n) is 12.1. The van der Waals surface area contributed by atoms with Crippen molar-refractivity contribution in [2.24, 2.45) is 5.73 Å². The molecule has 2 heterocycles. The monoisotopic (exact) mass is 554 g/mol. The number of aryl methyl sites for hydroxylation is 1. The molecule has 2 aliphatic rings. The third kappa shape index (κ3) is 6.52. The van der Waals surface area contributed by atoms with Gasteiger partial charge in [-0.1, -0.05) is 25.1 Å². The number of benzene rings is 3. The fourth-order valence-electron chi connectivity index (χ4n) is 4.32. The van der Waals surface area contributed by atoms with Gasteiger partial charge < -0.3 is 21.1 Å². The maximum Gasteiger partial charge on any atom is 0.411 e. The summed E-state index contributed by atoms with van der Waals surface area (Å²) in [5.41, 5.74) is 8.13. The van der Waals surface area contributed by atoms with Gasteiger partial charge in [0.25, 0.3) is 0 Å². The lowest BCUT2D eigenvalue weighted by Crippen LogP contribution is -2.34. The maximum absolute atomic E-state index is 14.7. The van der Waals surface area contributed by atoms with Gasteiger partial charge in [-0.05, 0) is 65.1 Å². The number of anilines is 2. The van der Waals surface area contributed by atoms with Crippen LogP contribution in [0.4, 0.5) is 20.6 Å². The number of nitrogens with one attached hydrogen (secondary N) is 3. The van der Waals surface area contributed by atoms with Crippen molar-refractivity contribution in [3.05, 3.63) is 88.2 Å². The van der Waals surface area contributed by atoms with Gasteiger partial charge in [-0.2, -0.15) is 0 Å². The van der Waals surface area contributed by atoms with Crippen LogP contribution in [0.1, 0.15) is 45.6 Å². The molecule has 0 aliphatic carbocycles. The van der Waals surface area contributed by atoms with Crippen LogP contribution in [0.15, 0.2) is 59.5 Å². The van der Waals surface area contributed by atoms with Crippen LogP contribution in [0.25, 0.3) is 0 Å². The number of hydrogen-bond acceptors (Lipinski definition) is 7. The molecule has 2 aliphatic heterocycles. The Bertz CT molecular complexity index is 1520. The minimum absolute atomic E-state index is 0.0346. The van der Waals surface area contributed by atoms with E-state index in [-0.39, 0.29) is 40.5 Å². The van der Waals surface area contributed by atoms with Crippen molar-refractivity contribution in [3.63, 3.8) is 0 Å². The molecule has 3 amide bonds. The summed E-state index contributed by atoms with van der Waals surface area (Å²) in [5.74, 6) is -2.03. The van der Waals surface area contributed by atoms with Gasteiger partial charge in [0.2, 0.25) is 11.8 Å².